The number of carbonyl (C=O) groups is 1. The van der Waals surface area contributed by atoms with Gasteiger partial charge in [0.05, 0.1) is 7.18 Å². The average molecular weight is 221 g/mol. The molecule has 0 aromatic heterocycles. The third-order valence-corrected chi connectivity index (χ3v) is 1.91. The van der Waals surface area contributed by atoms with Crippen LogP contribution in [0, 0.1) is 0 Å². The van der Waals surface area contributed by atoms with Crippen LogP contribution < -0.4 is 5.32 Å². The van der Waals surface area contributed by atoms with Crippen molar-refractivity contribution in [3.05, 3.63) is 0 Å². The van der Waals surface area contributed by atoms with Gasteiger partial charge in [0.15, 0.2) is 0 Å². The second-order valence-electron chi connectivity index (χ2n) is 3.24. The van der Waals surface area contributed by atoms with Gasteiger partial charge < -0.3 is 10.4 Å². The molecule has 2 N–H and O–H groups in total. The van der Waals surface area contributed by atoms with Crippen molar-refractivity contribution in [2.75, 3.05) is 20.3 Å². The van der Waals surface area contributed by atoms with Crippen LogP contribution in [-0.4, -0.2) is 31.3 Å². The summed E-state index contributed by atoms with van der Waals surface area (Å²) in [6, 6.07) is 0. The van der Waals surface area contributed by atoms with E-state index in [0.717, 1.165) is 13.0 Å². The largest absolute Gasteiger partial charge is 0.396 e. The van der Waals surface area contributed by atoms with Gasteiger partial charge >= 0.3 is 0 Å². The fourth-order valence-electron chi connectivity index (χ4n) is 1.11. The normalized spacial score (nSPS) is 9.07. The summed E-state index contributed by atoms with van der Waals surface area (Å²) in [7, 11) is 0.500. The van der Waals surface area contributed by atoms with E-state index >= 15 is 0 Å². The highest BCUT2D eigenvalue weighted by Gasteiger charge is 1.98. The Bertz CT molecular complexity index is 132. The zero-order valence-electron chi connectivity index (χ0n) is 9.89. The highest BCUT2D eigenvalue weighted by atomic mass is 19.1. The first kappa shape index (κ1) is 16.8. The van der Waals surface area contributed by atoms with Gasteiger partial charge in [-0.15, -0.1) is 0 Å². The molecule has 0 aromatic carbocycles. The van der Waals surface area contributed by atoms with E-state index in [1.54, 1.807) is 0 Å². The van der Waals surface area contributed by atoms with Gasteiger partial charge in [0.25, 0.3) is 0 Å². The summed E-state index contributed by atoms with van der Waals surface area (Å²) in [5.41, 5.74) is 0. The highest BCUT2D eigenvalue weighted by Crippen LogP contribution is 1.97. The number of halogens is 1. The molecule has 0 aliphatic rings. The molecule has 1 amide bonds. The number of nitrogens with one attached hydrogen (secondary N) is 1. The van der Waals surface area contributed by atoms with Crippen LogP contribution in [0.4, 0.5) is 4.39 Å². The van der Waals surface area contributed by atoms with Gasteiger partial charge in [-0.3, -0.25) is 9.18 Å². The Hall–Kier alpha value is -0.640. The van der Waals surface area contributed by atoms with Crippen LogP contribution in [0.15, 0.2) is 0 Å². The van der Waals surface area contributed by atoms with Crippen molar-refractivity contribution in [2.24, 2.45) is 0 Å². The lowest BCUT2D eigenvalue weighted by molar-refractivity contribution is -0.121. The maximum atomic E-state index is 11.0. The van der Waals surface area contributed by atoms with E-state index in [2.05, 4.69) is 12.2 Å². The Balaban J connectivity index is 0. The molecule has 15 heavy (non-hydrogen) atoms. The lowest BCUT2D eigenvalue weighted by Crippen LogP contribution is -2.24. The second kappa shape index (κ2) is 15.8. The molecule has 0 aliphatic heterocycles. The Morgan fingerprint density at radius 2 is 1.87 bits per heavy atom. The van der Waals surface area contributed by atoms with Gasteiger partial charge in [0.2, 0.25) is 5.91 Å². The average Bonchev–Trinajstić information content (AvgIpc) is 2.29. The van der Waals surface area contributed by atoms with E-state index in [0.29, 0.717) is 20.0 Å². The molecule has 0 saturated heterocycles. The summed E-state index contributed by atoms with van der Waals surface area (Å²) in [5, 5.41) is 11.3. The molecule has 3 nitrogen and oxygen atoms in total. The smallest absolute Gasteiger partial charge is 0.220 e. The zero-order chi connectivity index (χ0) is 11.9. The molecule has 0 saturated carbocycles. The van der Waals surface area contributed by atoms with Gasteiger partial charge in [-0.25, -0.2) is 0 Å². The van der Waals surface area contributed by atoms with Gasteiger partial charge in [-0.1, -0.05) is 26.2 Å². The number of aliphatic hydroxyl groups excluding tert-OH is 1. The Morgan fingerprint density at radius 1 is 1.20 bits per heavy atom. The summed E-state index contributed by atoms with van der Waals surface area (Å²) in [6.45, 7) is 3.05. The van der Waals surface area contributed by atoms with Crippen molar-refractivity contribution in [1.29, 1.82) is 0 Å². The summed E-state index contributed by atoms with van der Waals surface area (Å²) in [5.74, 6) is 0.0607. The van der Waals surface area contributed by atoms with E-state index in [4.69, 9.17) is 5.11 Å². The van der Waals surface area contributed by atoms with Crippen LogP contribution in [-0.2, 0) is 4.79 Å². The standard InChI is InChI=1S/C10H21NO2.CH3F/c1-2-3-4-5-8-11-10(13)7-6-9-12;1-2/h12H,2-9H2,1H3,(H,11,13);1H3. The number of aliphatic hydroxyl groups is 1. The maximum absolute atomic E-state index is 11.0. The molecule has 92 valence electrons. The number of carbonyl (C=O) groups excluding carboxylic acids is 1. The molecular weight excluding hydrogens is 197 g/mol. The first-order valence-corrected chi connectivity index (χ1v) is 5.56. The first-order valence-electron chi connectivity index (χ1n) is 5.56. The molecule has 0 rings (SSSR count). The van der Waals surface area contributed by atoms with Crippen LogP contribution >= 0.6 is 0 Å². The van der Waals surface area contributed by atoms with E-state index in [-0.39, 0.29) is 12.5 Å². The summed E-state index contributed by atoms with van der Waals surface area (Å²) >= 11 is 0. The predicted octanol–water partition coefficient (Wildman–Crippen LogP) is 2.04. The van der Waals surface area contributed by atoms with Crippen molar-refractivity contribution in [1.82, 2.24) is 5.32 Å². The number of amides is 1. The molecule has 0 aliphatic carbocycles. The molecular formula is C11H24FNO2. The third-order valence-electron chi connectivity index (χ3n) is 1.91. The van der Waals surface area contributed by atoms with Crippen molar-refractivity contribution < 1.29 is 14.3 Å². The molecule has 0 unspecified atom stereocenters. The lowest BCUT2D eigenvalue weighted by Gasteiger charge is -2.03. The van der Waals surface area contributed by atoms with E-state index in [1.165, 1.54) is 19.3 Å². The topological polar surface area (TPSA) is 49.3 Å². The fourth-order valence-corrected chi connectivity index (χ4v) is 1.11. The zero-order valence-corrected chi connectivity index (χ0v) is 9.89. The monoisotopic (exact) mass is 221 g/mol. The van der Waals surface area contributed by atoms with Gasteiger partial charge in [-0.2, -0.15) is 0 Å². The Kier molecular flexibility index (Phi) is 17.7. The van der Waals surface area contributed by atoms with Gasteiger partial charge in [0.1, 0.15) is 0 Å². The number of hydrogen-bond acceptors (Lipinski definition) is 2. The van der Waals surface area contributed by atoms with Gasteiger partial charge in [0, 0.05) is 19.6 Å². The summed E-state index contributed by atoms with van der Waals surface area (Å²) in [6.07, 6.45) is 5.74. The molecule has 0 spiro atoms. The maximum Gasteiger partial charge on any atom is 0.220 e. The van der Waals surface area contributed by atoms with Crippen LogP contribution in [0.2, 0.25) is 0 Å². The number of hydrogen-bond donors (Lipinski definition) is 2. The minimum atomic E-state index is 0.0607. The molecule has 4 heteroatoms. The Morgan fingerprint density at radius 3 is 2.40 bits per heavy atom. The minimum absolute atomic E-state index is 0.0607. The molecule has 0 fully saturated rings. The van der Waals surface area contributed by atoms with Crippen molar-refractivity contribution in [2.45, 2.75) is 45.4 Å². The third kappa shape index (κ3) is 16.1. The molecule has 0 bridgehead atoms. The lowest BCUT2D eigenvalue weighted by atomic mass is 10.2. The summed E-state index contributed by atoms with van der Waals surface area (Å²) < 4.78 is 9.50. The van der Waals surface area contributed by atoms with E-state index < -0.39 is 0 Å². The van der Waals surface area contributed by atoms with Crippen LogP contribution in [0.1, 0.15) is 45.4 Å². The first-order chi connectivity index (χ1) is 7.31. The van der Waals surface area contributed by atoms with Crippen molar-refractivity contribution in [3.8, 4) is 0 Å². The number of rotatable bonds is 8. The van der Waals surface area contributed by atoms with Crippen LogP contribution in [0.5, 0.6) is 0 Å². The van der Waals surface area contributed by atoms with Crippen LogP contribution in [0.3, 0.4) is 0 Å². The van der Waals surface area contributed by atoms with Crippen molar-refractivity contribution >= 4 is 5.91 Å². The minimum Gasteiger partial charge on any atom is -0.396 e. The highest BCUT2D eigenvalue weighted by molar-refractivity contribution is 5.75. The molecule has 0 atom stereocenters. The van der Waals surface area contributed by atoms with E-state index in [1.807, 2.05) is 0 Å². The summed E-state index contributed by atoms with van der Waals surface area (Å²) in [4.78, 5) is 11.0. The number of alkyl halides is 1. The molecule has 0 aromatic rings. The number of unbranched alkanes of at least 4 members (excludes halogenated alkanes) is 3. The quantitative estimate of drug-likeness (QED) is 0.616. The fraction of sp³-hybridized carbons (Fsp3) is 0.909. The van der Waals surface area contributed by atoms with Crippen LogP contribution in [0.25, 0.3) is 0 Å². The Labute approximate surface area is 92.1 Å². The predicted molar refractivity (Wildman–Crippen MR) is 60.5 cm³/mol. The van der Waals surface area contributed by atoms with Crippen molar-refractivity contribution in [3.63, 3.8) is 0 Å². The SMILES string of the molecule is CCCCCCNC(=O)CCCO.CF. The van der Waals surface area contributed by atoms with E-state index in [9.17, 15) is 9.18 Å². The molecule has 0 radical (unpaired) electrons. The molecule has 0 heterocycles. The second-order valence-corrected chi connectivity index (χ2v) is 3.24. The van der Waals surface area contributed by atoms with Gasteiger partial charge in [-0.05, 0) is 12.8 Å².